The first-order valence-electron chi connectivity index (χ1n) is 11.4. The Balaban J connectivity index is 3.80. The smallest absolute Gasteiger partial charge is 0.00189 e. The highest BCUT2D eigenvalue weighted by Gasteiger charge is 2.12. The van der Waals surface area contributed by atoms with Gasteiger partial charge in [0.1, 0.15) is 0 Å². The molecule has 0 rings (SSSR count). The predicted molar refractivity (Wildman–Crippen MR) is 112 cm³/mol. The molecule has 0 bridgehead atoms. The van der Waals surface area contributed by atoms with Crippen LogP contribution in [0.2, 0.25) is 0 Å². The lowest BCUT2D eigenvalue weighted by Crippen LogP contribution is -2.24. The van der Waals surface area contributed by atoms with Crippen molar-refractivity contribution in [1.29, 1.82) is 0 Å². The fraction of sp³-hybridized carbons (Fsp3) is 1.00. The number of hydrogen-bond acceptors (Lipinski definition) is 1. The predicted octanol–water partition coefficient (Wildman–Crippen LogP) is 7.69. The summed E-state index contributed by atoms with van der Waals surface area (Å²) in [5, 5.41) is 0. The van der Waals surface area contributed by atoms with Gasteiger partial charge >= 0.3 is 0 Å². The molecule has 0 spiro atoms. The Labute approximate surface area is 155 Å². The highest BCUT2D eigenvalue weighted by atomic mass is 15.1. The lowest BCUT2D eigenvalue weighted by molar-refractivity contribution is 0.274. The van der Waals surface area contributed by atoms with Gasteiger partial charge in [-0.25, -0.2) is 0 Å². The number of unbranched alkanes of at least 4 members (excludes halogenated alkanes) is 5. The van der Waals surface area contributed by atoms with Gasteiger partial charge in [-0.15, -0.1) is 0 Å². The molecule has 2 atom stereocenters. The Morgan fingerprint density at radius 1 is 0.542 bits per heavy atom. The van der Waals surface area contributed by atoms with Crippen LogP contribution in [0.3, 0.4) is 0 Å². The summed E-state index contributed by atoms with van der Waals surface area (Å²) >= 11 is 0. The first-order valence-corrected chi connectivity index (χ1v) is 11.4. The molecule has 0 aliphatic rings. The monoisotopic (exact) mass is 339 g/mol. The molecule has 2 unspecified atom stereocenters. The quantitative estimate of drug-likeness (QED) is 0.231. The summed E-state index contributed by atoms with van der Waals surface area (Å²) in [7, 11) is 0. The Morgan fingerprint density at radius 2 is 1.04 bits per heavy atom. The lowest BCUT2D eigenvalue weighted by atomic mass is 9.87. The van der Waals surface area contributed by atoms with Crippen LogP contribution in [0.25, 0.3) is 0 Å². The van der Waals surface area contributed by atoms with Gasteiger partial charge in [-0.3, -0.25) is 0 Å². The second-order valence-corrected chi connectivity index (χ2v) is 7.85. The van der Waals surface area contributed by atoms with E-state index in [-0.39, 0.29) is 0 Å². The molecule has 146 valence electrons. The van der Waals surface area contributed by atoms with Gasteiger partial charge in [0.15, 0.2) is 0 Å². The van der Waals surface area contributed by atoms with Crippen LogP contribution in [0.1, 0.15) is 118 Å². The largest absolute Gasteiger partial charge is 0.304 e. The van der Waals surface area contributed by atoms with Crippen molar-refractivity contribution in [2.75, 3.05) is 19.6 Å². The summed E-state index contributed by atoms with van der Waals surface area (Å²) in [5.74, 6) is 1.96. The molecule has 0 saturated carbocycles. The molecule has 0 N–H and O–H groups in total. The molecular formula is C23H49N. The number of nitrogens with zero attached hydrogens (tertiary/aromatic N) is 1. The van der Waals surface area contributed by atoms with Gasteiger partial charge in [-0.1, -0.05) is 105 Å². The zero-order valence-corrected chi connectivity index (χ0v) is 17.9. The average molecular weight is 340 g/mol. The SMILES string of the molecule is CCCCCCCCC(CC)CCC(CC)CCCN(CC)CC. The van der Waals surface area contributed by atoms with Gasteiger partial charge in [0.2, 0.25) is 0 Å². The first kappa shape index (κ1) is 24.0. The first-order chi connectivity index (χ1) is 11.7. The van der Waals surface area contributed by atoms with E-state index in [0.717, 1.165) is 11.8 Å². The highest BCUT2D eigenvalue weighted by molar-refractivity contribution is 4.65. The second-order valence-electron chi connectivity index (χ2n) is 7.85. The minimum Gasteiger partial charge on any atom is -0.304 e. The van der Waals surface area contributed by atoms with Crippen molar-refractivity contribution < 1.29 is 0 Å². The van der Waals surface area contributed by atoms with Gasteiger partial charge in [-0.05, 0) is 44.3 Å². The van der Waals surface area contributed by atoms with Crippen molar-refractivity contribution in [3.8, 4) is 0 Å². The lowest BCUT2D eigenvalue weighted by Gasteiger charge is -2.22. The topological polar surface area (TPSA) is 3.24 Å². The molecule has 0 fully saturated rings. The third-order valence-electron chi connectivity index (χ3n) is 6.08. The molecular weight excluding hydrogens is 290 g/mol. The highest BCUT2D eigenvalue weighted by Crippen LogP contribution is 2.25. The van der Waals surface area contributed by atoms with Crippen molar-refractivity contribution >= 4 is 0 Å². The summed E-state index contributed by atoms with van der Waals surface area (Å²) in [4.78, 5) is 2.57. The second kappa shape index (κ2) is 17.8. The van der Waals surface area contributed by atoms with E-state index in [9.17, 15) is 0 Å². The minimum absolute atomic E-state index is 0.971. The van der Waals surface area contributed by atoms with Crippen LogP contribution in [-0.4, -0.2) is 24.5 Å². The third-order valence-corrected chi connectivity index (χ3v) is 6.08. The van der Waals surface area contributed by atoms with E-state index in [2.05, 4.69) is 39.5 Å². The van der Waals surface area contributed by atoms with Crippen LogP contribution in [0.4, 0.5) is 0 Å². The summed E-state index contributed by atoms with van der Waals surface area (Å²) < 4.78 is 0. The van der Waals surface area contributed by atoms with Crippen LogP contribution in [-0.2, 0) is 0 Å². The van der Waals surface area contributed by atoms with Crippen molar-refractivity contribution in [2.45, 2.75) is 118 Å². The molecule has 24 heavy (non-hydrogen) atoms. The maximum atomic E-state index is 2.57. The molecule has 0 amide bonds. The maximum Gasteiger partial charge on any atom is -0.00189 e. The van der Waals surface area contributed by atoms with Crippen LogP contribution in [0, 0.1) is 11.8 Å². The zero-order valence-electron chi connectivity index (χ0n) is 17.9. The molecule has 1 heteroatoms. The van der Waals surface area contributed by atoms with Crippen molar-refractivity contribution in [2.24, 2.45) is 11.8 Å². The van der Waals surface area contributed by atoms with E-state index in [1.807, 2.05) is 0 Å². The average Bonchev–Trinajstić information content (AvgIpc) is 2.62. The van der Waals surface area contributed by atoms with E-state index < -0.39 is 0 Å². The van der Waals surface area contributed by atoms with Crippen molar-refractivity contribution in [3.05, 3.63) is 0 Å². The summed E-state index contributed by atoms with van der Waals surface area (Å²) in [5.41, 5.74) is 0. The molecule has 0 aliphatic carbocycles. The third kappa shape index (κ3) is 13.3. The Hall–Kier alpha value is -0.0400. The van der Waals surface area contributed by atoms with Crippen LogP contribution in [0.15, 0.2) is 0 Å². The van der Waals surface area contributed by atoms with Crippen molar-refractivity contribution in [3.63, 3.8) is 0 Å². The summed E-state index contributed by atoms with van der Waals surface area (Å²) in [6.45, 7) is 15.4. The Morgan fingerprint density at radius 3 is 1.54 bits per heavy atom. The van der Waals surface area contributed by atoms with E-state index in [4.69, 9.17) is 0 Å². The molecule has 0 heterocycles. The molecule has 1 nitrogen and oxygen atoms in total. The van der Waals surface area contributed by atoms with Crippen LogP contribution in [0.5, 0.6) is 0 Å². The van der Waals surface area contributed by atoms with Gasteiger partial charge in [0, 0.05) is 0 Å². The minimum atomic E-state index is 0.971. The van der Waals surface area contributed by atoms with Crippen LogP contribution >= 0.6 is 0 Å². The van der Waals surface area contributed by atoms with Gasteiger partial charge < -0.3 is 4.90 Å². The van der Waals surface area contributed by atoms with Gasteiger partial charge in [0.25, 0.3) is 0 Å². The molecule has 0 saturated heterocycles. The fourth-order valence-corrected chi connectivity index (χ4v) is 3.93. The Kier molecular flexibility index (Phi) is 17.7. The number of rotatable bonds is 18. The molecule has 0 radical (unpaired) electrons. The Bertz CT molecular complexity index is 234. The normalized spacial score (nSPS) is 14.2. The summed E-state index contributed by atoms with van der Waals surface area (Å²) in [6.07, 6.45) is 18.7. The van der Waals surface area contributed by atoms with Crippen LogP contribution < -0.4 is 0 Å². The molecule has 0 aromatic rings. The molecule has 0 aromatic heterocycles. The van der Waals surface area contributed by atoms with Gasteiger partial charge in [-0.2, -0.15) is 0 Å². The summed E-state index contributed by atoms with van der Waals surface area (Å²) in [6, 6.07) is 0. The van der Waals surface area contributed by atoms with E-state index in [0.29, 0.717) is 0 Å². The molecule has 0 aliphatic heterocycles. The standard InChI is InChI=1S/C23H49N/c1-6-11-12-13-14-15-17-22(7-2)19-20-23(8-3)18-16-21-24(9-4)10-5/h22-23H,6-21H2,1-5H3. The molecule has 0 aromatic carbocycles. The fourth-order valence-electron chi connectivity index (χ4n) is 3.93. The van der Waals surface area contributed by atoms with Gasteiger partial charge in [0.05, 0.1) is 0 Å². The zero-order chi connectivity index (χ0) is 18.0. The maximum absolute atomic E-state index is 2.57. The van der Waals surface area contributed by atoms with E-state index >= 15 is 0 Å². The number of hydrogen-bond donors (Lipinski definition) is 0. The van der Waals surface area contributed by atoms with Crippen molar-refractivity contribution in [1.82, 2.24) is 4.90 Å². The van der Waals surface area contributed by atoms with E-state index in [1.165, 1.54) is 103 Å². The van der Waals surface area contributed by atoms with E-state index in [1.54, 1.807) is 0 Å².